The van der Waals surface area contributed by atoms with Crippen LogP contribution >= 0.6 is 11.6 Å². The van der Waals surface area contributed by atoms with Gasteiger partial charge in [-0.2, -0.15) is 5.26 Å². The van der Waals surface area contributed by atoms with E-state index in [2.05, 4.69) is 19.2 Å². The van der Waals surface area contributed by atoms with Gasteiger partial charge in [-0.15, -0.1) is 0 Å². The number of benzene rings is 2. The van der Waals surface area contributed by atoms with Gasteiger partial charge >= 0.3 is 0 Å². The van der Waals surface area contributed by atoms with E-state index in [0.717, 1.165) is 32.1 Å². The number of halogens is 1. The lowest BCUT2D eigenvalue weighted by atomic mass is 9.92. The molecule has 2 aromatic carbocycles. The summed E-state index contributed by atoms with van der Waals surface area (Å²) in [7, 11) is 0. The standard InChI is InChI=1S/C24H27ClN2O2/c1-16(2)13-17-3-5-18(6-4-17)24(28)27-20-8-11-21(12-9-20)29-22-10-7-19(15-26)23(25)14-22/h3-7,10,14,16,20-21H,8-9,11-13H2,1-2H3,(H,27,28)/t20-,21-. The molecular formula is C24H27ClN2O2. The molecule has 152 valence electrons. The average Bonchev–Trinajstić information content (AvgIpc) is 2.70. The minimum absolute atomic E-state index is 0.00987. The molecule has 1 aliphatic rings. The van der Waals surface area contributed by atoms with Gasteiger partial charge in [0, 0.05) is 17.7 Å². The Hall–Kier alpha value is -2.51. The van der Waals surface area contributed by atoms with Crippen LogP contribution in [0.5, 0.6) is 5.75 Å². The lowest BCUT2D eigenvalue weighted by Crippen LogP contribution is -2.39. The molecule has 0 radical (unpaired) electrons. The second kappa shape index (κ2) is 9.80. The summed E-state index contributed by atoms with van der Waals surface area (Å²) in [6.45, 7) is 4.38. The maximum absolute atomic E-state index is 12.5. The summed E-state index contributed by atoms with van der Waals surface area (Å²) in [5.74, 6) is 1.28. The molecule has 5 heteroatoms. The van der Waals surface area contributed by atoms with Crippen molar-refractivity contribution >= 4 is 17.5 Å². The van der Waals surface area contributed by atoms with Crippen molar-refractivity contribution < 1.29 is 9.53 Å². The first-order chi connectivity index (χ1) is 13.9. The molecule has 1 aliphatic carbocycles. The van der Waals surface area contributed by atoms with Crippen LogP contribution in [0.2, 0.25) is 5.02 Å². The minimum Gasteiger partial charge on any atom is -0.490 e. The Balaban J connectivity index is 1.47. The molecule has 4 nitrogen and oxygen atoms in total. The third kappa shape index (κ3) is 5.98. The number of nitrogens with zero attached hydrogens (tertiary/aromatic N) is 1. The maximum atomic E-state index is 12.5. The van der Waals surface area contributed by atoms with Gasteiger partial charge in [-0.25, -0.2) is 0 Å². The second-order valence-corrected chi connectivity index (χ2v) is 8.52. The Labute approximate surface area is 177 Å². The zero-order chi connectivity index (χ0) is 20.8. The summed E-state index contributed by atoms with van der Waals surface area (Å²) < 4.78 is 6.01. The van der Waals surface area contributed by atoms with Crippen molar-refractivity contribution in [3.63, 3.8) is 0 Å². The van der Waals surface area contributed by atoms with Crippen LogP contribution in [0.15, 0.2) is 42.5 Å². The van der Waals surface area contributed by atoms with E-state index < -0.39 is 0 Å². The van der Waals surface area contributed by atoms with E-state index in [0.29, 0.717) is 27.8 Å². The fraction of sp³-hybridized carbons (Fsp3) is 0.417. The van der Waals surface area contributed by atoms with Crippen LogP contribution < -0.4 is 10.1 Å². The molecule has 0 heterocycles. The number of ether oxygens (including phenoxy) is 1. The van der Waals surface area contributed by atoms with Crippen LogP contribution in [-0.2, 0) is 6.42 Å². The number of carbonyl (C=O) groups excluding carboxylic acids is 1. The smallest absolute Gasteiger partial charge is 0.251 e. The summed E-state index contributed by atoms with van der Waals surface area (Å²) in [6.07, 6.45) is 4.63. The number of rotatable bonds is 6. The van der Waals surface area contributed by atoms with Gasteiger partial charge in [0.1, 0.15) is 11.8 Å². The van der Waals surface area contributed by atoms with Crippen LogP contribution in [0.25, 0.3) is 0 Å². The van der Waals surface area contributed by atoms with Crippen molar-refractivity contribution in [2.75, 3.05) is 0 Å². The molecule has 0 spiro atoms. The second-order valence-electron chi connectivity index (χ2n) is 8.11. The Kier molecular flexibility index (Phi) is 7.17. The molecule has 0 atom stereocenters. The highest BCUT2D eigenvalue weighted by molar-refractivity contribution is 6.31. The highest BCUT2D eigenvalue weighted by Crippen LogP contribution is 2.27. The Morgan fingerprint density at radius 1 is 1.17 bits per heavy atom. The predicted octanol–water partition coefficient (Wildman–Crippen LogP) is 5.53. The van der Waals surface area contributed by atoms with Gasteiger partial charge in [0.05, 0.1) is 16.7 Å². The monoisotopic (exact) mass is 410 g/mol. The zero-order valence-electron chi connectivity index (χ0n) is 17.0. The van der Waals surface area contributed by atoms with Gasteiger partial charge < -0.3 is 10.1 Å². The largest absolute Gasteiger partial charge is 0.490 e. The molecule has 0 saturated heterocycles. The van der Waals surface area contributed by atoms with Gasteiger partial charge in [-0.1, -0.05) is 37.6 Å². The molecule has 0 unspecified atom stereocenters. The summed E-state index contributed by atoms with van der Waals surface area (Å²) >= 11 is 6.07. The van der Waals surface area contributed by atoms with Crippen molar-refractivity contribution in [2.24, 2.45) is 5.92 Å². The van der Waals surface area contributed by atoms with Gasteiger partial charge in [-0.05, 0) is 67.9 Å². The first-order valence-corrected chi connectivity index (χ1v) is 10.6. The topological polar surface area (TPSA) is 62.1 Å². The number of hydrogen-bond donors (Lipinski definition) is 1. The third-order valence-electron chi connectivity index (χ3n) is 5.23. The van der Waals surface area contributed by atoms with Crippen LogP contribution in [-0.4, -0.2) is 18.1 Å². The third-order valence-corrected chi connectivity index (χ3v) is 5.55. The van der Waals surface area contributed by atoms with E-state index in [4.69, 9.17) is 21.6 Å². The van der Waals surface area contributed by atoms with Crippen LogP contribution in [0.4, 0.5) is 0 Å². The van der Waals surface area contributed by atoms with Crippen molar-refractivity contribution in [3.05, 3.63) is 64.2 Å². The van der Waals surface area contributed by atoms with Crippen LogP contribution in [0.1, 0.15) is 61.0 Å². The quantitative estimate of drug-likeness (QED) is 0.680. The molecule has 1 N–H and O–H groups in total. The number of hydrogen-bond acceptors (Lipinski definition) is 3. The van der Waals surface area contributed by atoms with Crippen molar-refractivity contribution in [1.82, 2.24) is 5.32 Å². The number of amides is 1. The maximum Gasteiger partial charge on any atom is 0.251 e. The molecule has 1 saturated carbocycles. The molecule has 3 rings (SSSR count). The van der Waals surface area contributed by atoms with Gasteiger partial charge in [0.2, 0.25) is 0 Å². The van der Waals surface area contributed by atoms with E-state index in [-0.39, 0.29) is 18.1 Å². The molecule has 29 heavy (non-hydrogen) atoms. The first-order valence-electron chi connectivity index (χ1n) is 10.2. The molecule has 2 aromatic rings. The Morgan fingerprint density at radius 2 is 1.86 bits per heavy atom. The van der Waals surface area contributed by atoms with E-state index in [1.165, 1.54) is 5.56 Å². The van der Waals surface area contributed by atoms with E-state index in [9.17, 15) is 4.79 Å². The number of carbonyl (C=O) groups is 1. The van der Waals surface area contributed by atoms with E-state index in [1.54, 1.807) is 18.2 Å². The predicted molar refractivity (Wildman–Crippen MR) is 115 cm³/mol. The van der Waals surface area contributed by atoms with Crippen molar-refractivity contribution in [1.29, 1.82) is 5.26 Å². The number of nitriles is 1. The molecular weight excluding hydrogens is 384 g/mol. The van der Waals surface area contributed by atoms with Gasteiger partial charge in [-0.3, -0.25) is 4.79 Å². The summed E-state index contributed by atoms with van der Waals surface area (Å²) in [4.78, 5) is 12.5. The van der Waals surface area contributed by atoms with E-state index >= 15 is 0 Å². The lowest BCUT2D eigenvalue weighted by Gasteiger charge is -2.29. The summed E-state index contributed by atoms with van der Waals surface area (Å²) in [5, 5.41) is 12.5. The Bertz CT molecular complexity index is 879. The highest BCUT2D eigenvalue weighted by atomic mass is 35.5. The SMILES string of the molecule is CC(C)Cc1ccc(C(=O)N[C@H]2CC[C@H](Oc3ccc(C#N)c(Cl)c3)CC2)cc1. The molecule has 0 aromatic heterocycles. The normalized spacial score (nSPS) is 18.9. The zero-order valence-corrected chi connectivity index (χ0v) is 17.7. The average molecular weight is 411 g/mol. The number of nitrogens with one attached hydrogen (secondary N) is 1. The fourth-order valence-electron chi connectivity index (χ4n) is 3.71. The fourth-order valence-corrected chi connectivity index (χ4v) is 3.92. The van der Waals surface area contributed by atoms with Gasteiger partial charge in [0.25, 0.3) is 5.91 Å². The van der Waals surface area contributed by atoms with Crippen molar-refractivity contribution in [2.45, 2.75) is 58.1 Å². The van der Waals surface area contributed by atoms with Crippen LogP contribution in [0, 0.1) is 17.2 Å². The molecule has 0 aliphatic heterocycles. The highest BCUT2D eigenvalue weighted by Gasteiger charge is 2.24. The van der Waals surface area contributed by atoms with Crippen LogP contribution in [0.3, 0.4) is 0 Å². The van der Waals surface area contributed by atoms with E-state index in [1.807, 2.05) is 30.3 Å². The minimum atomic E-state index is -0.00987. The Morgan fingerprint density at radius 3 is 2.45 bits per heavy atom. The van der Waals surface area contributed by atoms with Crippen molar-refractivity contribution in [3.8, 4) is 11.8 Å². The molecule has 1 fully saturated rings. The van der Waals surface area contributed by atoms with Gasteiger partial charge in [0.15, 0.2) is 0 Å². The summed E-state index contributed by atoms with van der Waals surface area (Å²) in [5.41, 5.74) is 2.42. The first kappa shape index (κ1) is 21.2. The summed E-state index contributed by atoms with van der Waals surface area (Å²) in [6, 6.07) is 15.3. The molecule has 0 bridgehead atoms. The molecule has 1 amide bonds. The lowest BCUT2D eigenvalue weighted by molar-refractivity contribution is 0.0894.